The second-order valence-electron chi connectivity index (χ2n) is 15.1. The van der Waals surface area contributed by atoms with Gasteiger partial charge in [0, 0.05) is 16.7 Å². The lowest BCUT2D eigenvalue weighted by Gasteiger charge is -2.15. The van der Waals surface area contributed by atoms with Crippen LogP contribution in [0, 0.1) is 11.3 Å². The van der Waals surface area contributed by atoms with Crippen molar-refractivity contribution in [3.05, 3.63) is 212 Å². The Balaban J connectivity index is 0.988. The summed E-state index contributed by atoms with van der Waals surface area (Å²) < 4.78 is 0. The highest BCUT2D eigenvalue weighted by molar-refractivity contribution is 6.25. The quantitative estimate of drug-likeness (QED) is 0.158. The first-order valence-corrected chi connectivity index (χ1v) is 20.1. The largest absolute Gasteiger partial charge is 0.208 e. The first-order chi connectivity index (χ1) is 29.7. The summed E-state index contributed by atoms with van der Waals surface area (Å²) in [5.41, 5.74) is 9.79. The molecule has 0 saturated heterocycles. The maximum atomic E-state index is 10.3. The topological polar surface area (TPSA) is 62.5 Å². The maximum absolute atomic E-state index is 10.3. The Morgan fingerprint density at radius 2 is 0.650 bits per heavy atom. The Morgan fingerprint density at radius 1 is 0.267 bits per heavy atom. The molecule has 4 nitrogen and oxygen atoms in total. The van der Waals surface area contributed by atoms with Crippen LogP contribution in [0.3, 0.4) is 0 Å². The van der Waals surface area contributed by atoms with E-state index in [4.69, 9.17) is 15.0 Å². The van der Waals surface area contributed by atoms with Crippen LogP contribution in [0.15, 0.2) is 206 Å². The Morgan fingerprint density at radius 3 is 1.17 bits per heavy atom. The zero-order valence-corrected chi connectivity index (χ0v) is 32.4. The van der Waals surface area contributed by atoms with Gasteiger partial charge < -0.3 is 0 Å². The number of fused-ring (bicyclic) bond motifs is 7. The van der Waals surface area contributed by atoms with Crippen LogP contribution in [0.1, 0.15) is 5.56 Å². The lowest BCUT2D eigenvalue weighted by Crippen LogP contribution is -2.00. The van der Waals surface area contributed by atoms with Crippen molar-refractivity contribution in [2.75, 3.05) is 0 Å². The predicted octanol–water partition coefficient (Wildman–Crippen LogP) is 14.4. The molecule has 1 heterocycles. The highest BCUT2D eigenvalue weighted by Crippen LogP contribution is 2.40. The van der Waals surface area contributed by atoms with Gasteiger partial charge in [0.1, 0.15) is 0 Å². The van der Waals surface area contributed by atoms with E-state index < -0.39 is 0 Å². The molecule has 0 radical (unpaired) electrons. The second-order valence-corrected chi connectivity index (χ2v) is 15.1. The van der Waals surface area contributed by atoms with Crippen LogP contribution in [-0.4, -0.2) is 15.0 Å². The van der Waals surface area contributed by atoms with E-state index in [2.05, 4.69) is 140 Å². The summed E-state index contributed by atoms with van der Waals surface area (Å²) in [6.07, 6.45) is 0. The molecule has 0 unspecified atom stereocenters. The molecule has 0 spiro atoms. The molecule has 10 aromatic carbocycles. The Bertz CT molecular complexity index is 3390. The average molecular weight is 763 g/mol. The number of hydrogen-bond acceptors (Lipinski definition) is 4. The normalized spacial score (nSPS) is 11.3. The van der Waals surface area contributed by atoms with Gasteiger partial charge in [0.15, 0.2) is 17.5 Å². The summed E-state index contributed by atoms with van der Waals surface area (Å²) in [6.45, 7) is 0. The van der Waals surface area contributed by atoms with Gasteiger partial charge in [-0.1, -0.05) is 182 Å². The highest BCUT2D eigenvalue weighted by atomic mass is 15.0. The molecule has 1 aromatic heterocycles. The molecular weight excluding hydrogens is 729 g/mol. The molecule has 0 fully saturated rings. The van der Waals surface area contributed by atoms with E-state index in [9.17, 15) is 5.26 Å². The van der Waals surface area contributed by atoms with Crippen LogP contribution in [-0.2, 0) is 0 Å². The van der Waals surface area contributed by atoms with Gasteiger partial charge in [-0.3, -0.25) is 0 Å². The lowest BCUT2D eigenvalue weighted by atomic mass is 9.89. The fourth-order valence-corrected chi connectivity index (χ4v) is 8.64. The van der Waals surface area contributed by atoms with E-state index in [1.165, 1.54) is 32.3 Å². The summed E-state index contributed by atoms with van der Waals surface area (Å²) >= 11 is 0. The molecule has 0 bridgehead atoms. The third-order valence-corrected chi connectivity index (χ3v) is 11.5. The number of nitrogens with zero attached hydrogens (tertiary/aromatic N) is 4. The molecule has 0 N–H and O–H groups in total. The Hall–Kier alpha value is -8.26. The molecule has 11 rings (SSSR count). The zero-order chi connectivity index (χ0) is 40.0. The van der Waals surface area contributed by atoms with Crippen LogP contribution >= 0.6 is 0 Å². The van der Waals surface area contributed by atoms with E-state index in [-0.39, 0.29) is 0 Å². The third kappa shape index (κ3) is 6.14. The van der Waals surface area contributed by atoms with Crippen molar-refractivity contribution < 1.29 is 0 Å². The van der Waals surface area contributed by atoms with Gasteiger partial charge >= 0.3 is 0 Å². The van der Waals surface area contributed by atoms with Crippen molar-refractivity contribution in [2.24, 2.45) is 0 Å². The van der Waals surface area contributed by atoms with Gasteiger partial charge in [-0.2, -0.15) is 5.26 Å². The summed E-state index contributed by atoms with van der Waals surface area (Å²) in [7, 11) is 0. The van der Waals surface area contributed by atoms with Crippen LogP contribution in [0.25, 0.3) is 111 Å². The number of aromatic nitrogens is 3. The molecule has 0 aliphatic rings. The standard InChI is InChI=1S/C56H34N4/c57-35-36-31-42(41-27-28-52-50-21-10-9-19-48(50)49-20-11-12-22-51(49)53(52)34-41)33-43(32-36)45-30-29-44(46-17-7-8-18-47(45)46)37-23-25-40(26-24-37)56-59-54(38-13-3-1-4-14-38)58-55(60-56)39-15-5-2-6-16-39/h1-34H. The Kier molecular flexibility index (Phi) is 8.50. The fourth-order valence-electron chi connectivity index (χ4n) is 8.64. The number of benzene rings is 10. The molecule has 278 valence electrons. The third-order valence-electron chi connectivity index (χ3n) is 11.5. The van der Waals surface area contributed by atoms with E-state index in [0.29, 0.717) is 23.0 Å². The monoisotopic (exact) mass is 762 g/mol. The molecule has 0 aliphatic carbocycles. The van der Waals surface area contributed by atoms with Crippen LogP contribution in [0.4, 0.5) is 0 Å². The van der Waals surface area contributed by atoms with Crippen LogP contribution in [0.2, 0.25) is 0 Å². The summed E-state index contributed by atoms with van der Waals surface area (Å²) in [6, 6.07) is 74.1. The molecule has 11 aromatic rings. The molecule has 60 heavy (non-hydrogen) atoms. The smallest absolute Gasteiger partial charge is 0.164 e. The number of hydrogen-bond donors (Lipinski definition) is 0. The van der Waals surface area contributed by atoms with E-state index >= 15 is 0 Å². The molecule has 0 amide bonds. The number of nitriles is 1. The molecule has 0 saturated carbocycles. The SMILES string of the molecule is N#Cc1cc(-c2ccc3c4ccccc4c4ccccc4c3c2)cc(-c2ccc(-c3ccc(-c4nc(-c5ccccc5)nc(-c5ccccc5)n4)cc3)c3ccccc23)c1. The molecule has 0 aliphatic heterocycles. The van der Waals surface area contributed by atoms with Gasteiger partial charge in [-0.05, 0) is 101 Å². The summed E-state index contributed by atoms with van der Waals surface area (Å²) in [4.78, 5) is 14.7. The minimum absolute atomic E-state index is 0.621. The van der Waals surface area contributed by atoms with Crippen LogP contribution < -0.4 is 0 Å². The van der Waals surface area contributed by atoms with Crippen LogP contribution in [0.5, 0.6) is 0 Å². The average Bonchev–Trinajstić information content (AvgIpc) is 3.34. The number of rotatable bonds is 6. The molecular formula is C56H34N4. The second kappa shape index (κ2) is 14.6. The predicted molar refractivity (Wildman–Crippen MR) is 247 cm³/mol. The molecule has 0 atom stereocenters. The zero-order valence-electron chi connectivity index (χ0n) is 32.4. The summed E-state index contributed by atoms with van der Waals surface area (Å²) in [5.74, 6) is 1.89. The van der Waals surface area contributed by atoms with E-state index in [1.807, 2.05) is 72.8 Å². The minimum atomic E-state index is 0.621. The Labute approximate surface area is 347 Å². The minimum Gasteiger partial charge on any atom is -0.208 e. The fraction of sp³-hybridized carbons (Fsp3) is 0. The lowest BCUT2D eigenvalue weighted by molar-refractivity contribution is 1.07. The van der Waals surface area contributed by atoms with Crippen molar-refractivity contribution in [2.45, 2.75) is 0 Å². The summed E-state index contributed by atoms with van der Waals surface area (Å²) in [5, 5.41) is 19.9. The van der Waals surface area contributed by atoms with Gasteiger partial charge in [-0.15, -0.1) is 0 Å². The van der Waals surface area contributed by atoms with Gasteiger partial charge in [0.05, 0.1) is 11.6 Å². The highest BCUT2D eigenvalue weighted by Gasteiger charge is 2.16. The van der Waals surface area contributed by atoms with Crippen molar-refractivity contribution >= 4 is 43.1 Å². The van der Waals surface area contributed by atoms with Crippen molar-refractivity contribution in [3.8, 4) is 73.6 Å². The molecule has 4 heteroatoms. The first kappa shape index (κ1) is 34.9. The maximum Gasteiger partial charge on any atom is 0.164 e. The van der Waals surface area contributed by atoms with Crippen molar-refractivity contribution in [3.63, 3.8) is 0 Å². The van der Waals surface area contributed by atoms with E-state index in [1.54, 1.807) is 0 Å². The first-order valence-electron chi connectivity index (χ1n) is 20.1. The van der Waals surface area contributed by atoms with Gasteiger partial charge in [0.2, 0.25) is 0 Å². The van der Waals surface area contributed by atoms with Gasteiger partial charge in [-0.25, -0.2) is 15.0 Å². The van der Waals surface area contributed by atoms with Crippen molar-refractivity contribution in [1.29, 1.82) is 5.26 Å². The van der Waals surface area contributed by atoms with Crippen molar-refractivity contribution in [1.82, 2.24) is 15.0 Å². The van der Waals surface area contributed by atoms with Gasteiger partial charge in [0.25, 0.3) is 0 Å². The van der Waals surface area contributed by atoms with E-state index in [0.717, 1.165) is 60.8 Å².